The van der Waals surface area contributed by atoms with Crippen LogP contribution < -0.4 is 9.64 Å². The van der Waals surface area contributed by atoms with Crippen molar-refractivity contribution >= 4 is 17.4 Å². The number of hydrogen-bond donors (Lipinski definition) is 0. The number of carbonyl (C=O) groups is 2. The standard InChI is InChI=1S/C16H13NO3/c18-13-10-16(19)17(11-13)12-6-8-15(9-7-12)20-14-4-2-1-3-5-14/h1-9H,10-11H2. The van der Waals surface area contributed by atoms with Crippen molar-refractivity contribution in [2.24, 2.45) is 0 Å². The summed E-state index contributed by atoms with van der Waals surface area (Å²) in [6.07, 6.45) is 0.00225. The lowest BCUT2D eigenvalue weighted by Crippen LogP contribution is -2.24. The van der Waals surface area contributed by atoms with Crippen molar-refractivity contribution in [2.75, 3.05) is 11.4 Å². The van der Waals surface area contributed by atoms with E-state index in [2.05, 4.69) is 0 Å². The lowest BCUT2D eigenvalue weighted by atomic mass is 10.2. The van der Waals surface area contributed by atoms with Gasteiger partial charge in [-0.25, -0.2) is 0 Å². The Balaban J connectivity index is 1.75. The largest absolute Gasteiger partial charge is 0.457 e. The lowest BCUT2D eigenvalue weighted by molar-refractivity contribution is -0.121. The Labute approximate surface area is 116 Å². The van der Waals surface area contributed by atoms with E-state index in [1.807, 2.05) is 30.3 Å². The van der Waals surface area contributed by atoms with Gasteiger partial charge in [0.2, 0.25) is 5.91 Å². The maximum absolute atomic E-state index is 11.6. The van der Waals surface area contributed by atoms with Crippen LogP contribution in [0.4, 0.5) is 5.69 Å². The predicted octanol–water partition coefficient (Wildman–Crippen LogP) is 2.78. The summed E-state index contributed by atoms with van der Waals surface area (Å²) in [6, 6.07) is 16.6. The van der Waals surface area contributed by atoms with Crippen LogP contribution in [0.1, 0.15) is 6.42 Å². The van der Waals surface area contributed by atoms with Crippen molar-refractivity contribution in [1.82, 2.24) is 0 Å². The molecule has 1 saturated heterocycles. The van der Waals surface area contributed by atoms with Crippen molar-refractivity contribution in [1.29, 1.82) is 0 Å². The summed E-state index contributed by atoms with van der Waals surface area (Å²) in [5.41, 5.74) is 0.723. The summed E-state index contributed by atoms with van der Waals surface area (Å²) < 4.78 is 5.67. The maximum atomic E-state index is 11.6. The molecule has 0 aromatic heterocycles. The smallest absolute Gasteiger partial charge is 0.234 e. The molecule has 1 aliphatic rings. The van der Waals surface area contributed by atoms with E-state index in [0.29, 0.717) is 5.75 Å². The van der Waals surface area contributed by atoms with Crippen molar-refractivity contribution in [3.05, 3.63) is 54.6 Å². The van der Waals surface area contributed by atoms with E-state index in [9.17, 15) is 9.59 Å². The zero-order chi connectivity index (χ0) is 13.9. The first-order valence-electron chi connectivity index (χ1n) is 6.37. The van der Waals surface area contributed by atoms with Gasteiger partial charge in [-0.15, -0.1) is 0 Å². The number of carbonyl (C=O) groups excluding carboxylic acids is 2. The Morgan fingerprint density at radius 2 is 1.50 bits per heavy atom. The third-order valence-corrected chi connectivity index (χ3v) is 3.11. The molecule has 4 heteroatoms. The number of para-hydroxylation sites is 1. The summed E-state index contributed by atoms with van der Waals surface area (Å²) in [6.45, 7) is 0.164. The van der Waals surface area contributed by atoms with Crippen molar-refractivity contribution in [3.8, 4) is 11.5 Å². The number of Topliss-reactive ketones (excluding diaryl/α,β-unsaturated/α-hetero) is 1. The number of nitrogens with zero attached hydrogens (tertiary/aromatic N) is 1. The summed E-state index contributed by atoms with van der Waals surface area (Å²) in [5, 5.41) is 0. The quantitative estimate of drug-likeness (QED) is 0.803. The summed E-state index contributed by atoms with van der Waals surface area (Å²) in [5.74, 6) is 1.26. The fourth-order valence-corrected chi connectivity index (χ4v) is 2.14. The lowest BCUT2D eigenvalue weighted by Gasteiger charge is -2.15. The minimum Gasteiger partial charge on any atom is -0.457 e. The molecular formula is C16H13NO3. The molecule has 0 bridgehead atoms. The zero-order valence-corrected chi connectivity index (χ0v) is 10.8. The number of anilines is 1. The number of benzene rings is 2. The van der Waals surface area contributed by atoms with Gasteiger partial charge in [-0.1, -0.05) is 18.2 Å². The third kappa shape index (κ3) is 2.54. The molecule has 1 amide bonds. The van der Waals surface area contributed by atoms with Gasteiger partial charge in [0.1, 0.15) is 11.5 Å². The molecule has 100 valence electrons. The topological polar surface area (TPSA) is 46.6 Å². The molecule has 20 heavy (non-hydrogen) atoms. The monoisotopic (exact) mass is 267 g/mol. The van der Waals surface area contributed by atoms with Crippen molar-refractivity contribution < 1.29 is 14.3 Å². The second-order valence-electron chi connectivity index (χ2n) is 4.60. The van der Waals surface area contributed by atoms with Crippen molar-refractivity contribution in [3.63, 3.8) is 0 Å². The Morgan fingerprint density at radius 1 is 0.850 bits per heavy atom. The number of rotatable bonds is 3. The van der Waals surface area contributed by atoms with Crippen LogP contribution >= 0.6 is 0 Å². The molecule has 0 radical (unpaired) electrons. The van der Waals surface area contributed by atoms with Gasteiger partial charge in [-0.2, -0.15) is 0 Å². The molecule has 0 aliphatic carbocycles. The van der Waals surface area contributed by atoms with E-state index in [1.54, 1.807) is 24.3 Å². The summed E-state index contributed by atoms with van der Waals surface area (Å²) >= 11 is 0. The maximum Gasteiger partial charge on any atom is 0.234 e. The first-order valence-corrected chi connectivity index (χ1v) is 6.37. The van der Waals surface area contributed by atoms with Gasteiger partial charge in [0, 0.05) is 5.69 Å². The Hall–Kier alpha value is -2.62. The van der Waals surface area contributed by atoms with E-state index in [1.165, 1.54) is 4.90 Å². The van der Waals surface area contributed by atoms with Crippen LogP contribution in [0.15, 0.2) is 54.6 Å². The van der Waals surface area contributed by atoms with Crippen LogP contribution in [0.25, 0.3) is 0 Å². The molecule has 1 fully saturated rings. The summed E-state index contributed by atoms with van der Waals surface area (Å²) in [7, 11) is 0. The highest BCUT2D eigenvalue weighted by Crippen LogP contribution is 2.26. The molecule has 0 spiro atoms. The SMILES string of the molecule is O=C1CC(=O)N(c2ccc(Oc3ccccc3)cc2)C1. The second kappa shape index (κ2) is 5.17. The van der Waals surface area contributed by atoms with Crippen molar-refractivity contribution in [2.45, 2.75) is 6.42 Å². The van der Waals surface area contributed by atoms with Crippen LogP contribution in [0, 0.1) is 0 Å². The van der Waals surface area contributed by atoms with Gasteiger partial charge in [0.15, 0.2) is 5.78 Å². The van der Waals surface area contributed by atoms with Gasteiger partial charge >= 0.3 is 0 Å². The van der Waals surface area contributed by atoms with E-state index in [-0.39, 0.29) is 24.7 Å². The van der Waals surface area contributed by atoms with Crippen LogP contribution in [-0.2, 0) is 9.59 Å². The van der Waals surface area contributed by atoms with Gasteiger partial charge in [0.05, 0.1) is 13.0 Å². The number of hydrogen-bond acceptors (Lipinski definition) is 3. The highest BCUT2D eigenvalue weighted by molar-refractivity contribution is 6.15. The molecule has 1 heterocycles. The van der Waals surface area contributed by atoms with E-state index in [4.69, 9.17) is 4.74 Å². The molecule has 3 rings (SSSR count). The molecule has 0 atom stereocenters. The van der Waals surface area contributed by atoms with Crippen LogP contribution in [-0.4, -0.2) is 18.2 Å². The molecule has 4 nitrogen and oxygen atoms in total. The number of amides is 1. The highest BCUT2D eigenvalue weighted by Gasteiger charge is 2.28. The van der Waals surface area contributed by atoms with Crippen LogP contribution in [0.2, 0.25) is 0 Å². The molecule has 1 aliphatic heterocycles. The molecule has 2 aromatic rings. The van der Waals surface area contributed by atoms with Crippen LogP contribution in [0.5, 0.6) is 11.5 Å². The van der Waals surface area contributed by atoms with E-state index < -0.39 is 0 Å². The van der Waals surface area contributed by atoms with Gasteiger partial charge in [0.25, 0.3) is 0 Å². The number of ether oxygens (including phenoxy) is 1. The normalized spacial score (nSPS) is 14.7. The molecule has 0 saturated carbocycles. The van der Waals surface area contributed by atoms with Gasteiger partial charge in [-0.05, 0) is 36.4 Å². The minimum atomic E-state index is -0.147. The molecule has 2 aromatic carbocycles. The van der Waals surface area contributed by atoms with Gasteiger partial charge < -0.3 is 9.64 Å². The Kier molecular flexibility index (Phi) is 3.21. The zero-order valence-electron chi connectivity index (χ0n) is 10.8. The molecule has 0 unspecified atom stereocenters. The fourth-order valence-electron chi connectivity index (χ4n) is 2.14. The summed E-state index contributed by atoms with van der Waals surface area (Å²) in [4.78, 5) is 24.4. The highest BCUT2D eigenvalue weighted by atomic mass is 16.5. The molecule has 0 N–H and O–H groups in total. The molecular weight excluding hydrogens is 254 g/mol. The second-order valence-corrected chi connectivity index (χ2v) is 4.60. The first kappa shape index (κ1) is 12.4. The first-order chi connectivity index (χ1) is 9.72. The average Bonchev–Trinajstić information content (AvgIpc) is 2.80. The van der Waals surface area contributed by atoms with Crippen LogP contribution in [0.3, 0.4) is 0 Å². The predicted molar refractivity (Wildman–Crippen MR) is 74.9 cm³/mol. The minimum absolute atomic E-state index is 0.00225. The van der Waals surface area contributed by atoms with E-state index >= 15 is 0 Å². The third-order valence-electron chi connectivity index (χ3n) is 3.11. The fraction of sp³-hybridized carbons (Fsp3) is 0.125. The van der Waals surface area contributed by atoms with E-state index in [0.717, 1.165) is 11.4 Å². The Morgan fingerprint density at radius 3 is 2.10 bits per heavy atom. The van der Waals surface area contributed by atoms with Gasteiger partial charge in [-0.3, -0.25) is 9.59 Å². The average molecular weight is 267 g/mol. The number of ketones is 1. The Bertz CT molecular complexity index is 635.